The second-order valence-corrected chi connectivity index (χ2v) is 3.56. The molecule has 3 rings (SSSR count). The van der Waals surface area contributed by atoms with Gasteiger partial charge in [0.05, 0.1) is 19.8 Å². The van der Waals surface area contributed by atoms with Gasteiger partial charge in [0, 0.05) is 5.41 Å². The maximum atomic E-state index is 8.95. The van der Waals surface area contributed by atoms with Gasteiger partial charge in [-0.3, -0.25) is 0 Å². The van der Waals surface area contributed by atoms with Crippen LogP contribution in [0, 0.1) is 5.41 Å². The van der Waals surface area contributed by atoms with E-state index in [-0.39, 0.29) is 12.0 Å². The monoisotopic (exact) mass is 174 g/mol. The molecule has 0 aromatic heterocycles. The standard InChI is InChI=1S/C8H14O4/c1-2-7-4-10-8(3-9,11-5-7)12-6-7/h9H,2-6H2,1H3. The van der Waals surface area contributed by atoms with E-state index in [9.17, 15) is 0 Å². The second-order valence-electron chi connectivity index (χ2n) is 3.56. The summed E-state index contributed by atoms with van der Waals surface area (Å²) in [5, 5.41) is 8.95. The molecule has 3 fully saturated rings. The highest BCUT2D eigenvalue weighted by atomic mass is 16.9. The van der Waals surface area contributed by atoms with Crippen molar-refractivity contribution in [3.05, 3.63) is 0 Å². The van der Waals surface area contributed by atoms with Gasteiger partial charge < -0.3 is 19.3 Å². The Morgan fingerprint density at radius 2 is 1.67 bits per heavy atom. The molecule has 0 aromatic carbocycles. The van der Waals surface area contributed by atoms with E-state index in [1.54, 1.807) is 0 Å². The zero-order chi connectivity index (χ0) is 8.66. The topological polar surface area (TPSA) is 47.9 Å². The average Bonchev–Trinajstić information content (AvgIpc) is 2.21. The van der Waals surface area contributed by atoms with Crippen LogP contribution in [0.3, 0.4) is 0 Å². The van der Waals surface area contributed by atoms with Crippen molar-refractivity contribution in [1.82, 2.24) is 0 Å². The summed E-state index contributed by atoms with van der Waals surface area (Å²) in [6.07, 6.45) is 0.981. The molecule has 1 N–H and O–H groups in total. The minimum absolute atomic E-state index is 0.0247. The predicted molar refractivity (Wildman–Crippen MR) is 40.4 cm³/mol. The van der Waals surface area contributed by atoms with Crippen LogP contribution >= 0.6 is 0 Å². The number of ether oxygens (including phenoxy) is 3. The van der Waals surface area contributed by atoms with Gasteiger partial charge in [0.2, 0.25) is 0 Å². The van der Waals surface area contributed by atoms with E-state index in [0.717, 1.165) is 6.42 Å². The third-order valence-electron chi connectivity index (χ3n) is 2.74. The van der Waals surface area contributed by atoms with E-state index >= 15 is 0 Å². The van der Waals surface area contributed by atoms with Crippen molar-refractivity contribution in [1.29, 1.82) is 0 Å². The molecule has 0 aromatic rings. The van der Waals surface area contributed by atoms with Gasteiger partial charge in [-0.15, -0.1) is 0 Å². The molecule has 4 nitrogen and oxygen atoms in total. The van der Waals surface area contributed by atoms with Crippen molar-refractivity contribution in [3.63, 3.8) is 0 Å². The van der Waals surface area contributed by atoms with E-state index in [1.165, 1.54) is 0 Å². The van der Waals surface area contributed by atoms with Crippen molar-refractivity contribution in [2.45, 2.75) is 19.3 Å². The molecule has 2 bridgehead atoms. The third kappa shape index (κ3) is 1.07. The van der Waals surface area contributed by atoms with Gasteiger partial charge in [-0.2, -0.15) is 0 Å². The quantitative estimate of drug-likeness (QED) is 0.645. The highest BCUT2D eigenvalue weighted by Gasteiger charge is 2.51. The van der Waals surface area contributed by atoms with E-state index in [4.69, 9.17) is 19.3 Å². The van der Waals surface area contributed by atoms with Crippen LogP contribution in [0.1, 0.15) is 13.3 Å². The lowest BCUT2D eigenvalue weighted by Crippen LogP contribution is -2.61. The van der Waals surface area contributed by atoms with Crippen molar-refractivity contribution < 1.29 is 19.3 Å². The summed E-state index contributed by atoms with van der Waals surface area (Å²) in [4.78, 5) is 0. The zero-order valence-electron chi connectivity index (χ0n) is 7.21. The minimum Gasteiger partial charge on any atom is -0.388 e. The molecule has 3 heterocycles. The lowest BCUT2D eigenvalue weighted by molar-refractivity contribution is -0.474. The lowest BCUT2D eigenvalue weighted by atomic mass is 9.86. The first kappa shape index (κ1) is 8.44. The van der Waals surface area contributed by atoms with Crippen LogP contribution in [0.5, 0.6) is 0 Å². The van der Waals surface area contributed by atoms with Gasteiger partial charge in [0.25, 0.3) is 0 Å². The van der Waals surface area contributed by atoms with Crippen molar-refractivity contribution >= 4 is 0 Å². The van der Waals surface area contributed by atoms with Gasteiger partial charge in [-0.1, -0.05) is 6.92 Å². The van der Waals surface area contributed by atoms with E-state index in [1.807, 2.05) is 0 Å². The Hall–Kier alpha value is -0.160. The smallest absolute Gasteiger partial charge is 0.307 e. The summed E-state index contributed by atoms with van der Waals surface area (Å²) in [6, 6.07) is 0. The minimum atomic E-state index is -1.14. The molecule has 3 aliphatic rings. The lowest BCUT2D eigenvalue weighted by Gasteiger charge is -2.50. The highest BCUT2D eigenvalue weighted by Crippen LogP contribution is 2.39. The summed E-state index contributed by atoms with van der Waals surface area (Å²) in [5.41, 5.74) is 0.0247. The third-order valence-corrected chi connectivity index (χ3v) is 2.74. The SMILES string of the molecule is CCC12COC(CO)(OC1)OC2. The molecule has 0 amide bonds. The molecule has 0 aliphatic carbocycles. The van der Waals surface area contributed by atoms with Gasteiger partial charge >= 0.3 is 5.97 Å². The Bertz CT molecular complexity index is 135. The number of aliphatic hydroxyl groups excluding tert-OH is 1. The van der Waals surface area contributed by atoms with Crippen LogP contribution in [-0.2, 0) is 14.2 Å². The predicted octanol–water partition coefficient (Wildman–Crippen LogP) is 0.106. The Morgan fingerprint density at radius 3 is 2.00 bits per heavy atom. The fraction of sp³-hybridized carbons (Fsp3) is 1.00. The second kappa shape index (κ2) is 2.67. The number of aliphatic hydroxyl groups is 1. The van der Waals surface area contributed by atoms with Crippen LogP contribution in [0.15, 0.2) is 0 Å². The molecular formula is C8H14O4. The maximum Gasteiger partial charge on any atom is 0.307 e. The Labute approximate surface area is 71.4 Å². The van der Waals surface area contributed by atoms with Crippen LogP contribution < -0.4 is 0 Å². The van der Waals surface area contributed by atoms with Crippen LogP contribution in [0.4, 0.5) is 0 Å². The number of fused-ring (bicyclic) bond motifs is 3. The highest BCUT2D eigenvalue weighted by molar-refractivity contribution is 4.86. The van der Waals surface area contributed by atoms with Crippen molar-refractivity contribution in [2.75, 3.05) is 26.4 Å². The number of rotatable bonds is 2. The fourth-order valence-electron chi connectivity index (χ4n) is 1.48. The normalized spacial score (nSPS) is 46.5. The molecule has 4 heteroatoms. The van der Waals surface area contributed by atoms with Gasteiger partial charge in [0.1, 0.15) is 6.61 Å². The molecule has 12 heavy (non-hydrogen) atoms. The molecule has 3 saturated heterocycles. The maximum absolute atomic E-state index is 8.95. The molecule has 0 radical (unpaired) electrons. The molecule has 0 spiro atoms. The number of hydrogen-bond acceptors (Lipinski definition) is 4. The first-order valence-electron chi connectivity index (χ1n) is 4.27. The summed E-state index contributed by atoms with van der Waals surface area (Å²) in [7, 11) is 0. The van der Waals surface area contributed by atoms with Crippen molar-refractivity contribution in [2.24, 2.45) is 5.41 Å². The van der Waals surface area contributed by atoms with Crippen molar-refractivity contribution in [3.8, 4) is 0 Å². The average molecular weight is 174 g/mol. The molecular weight excluding hydrogens is 160 g/mol. The molecule has 0 saturated carbocycles. The van der Waals surface area contributed by atoms with Crippen LogP contribution in [0.2, 0.25) is 0 Å². The van der Waals surface area contributed by atoms with Gasteiger partial charge in [0.15, 0.2) is 0 Å². The van der Waals surface area contributed by atoms with Gasteiger partial charge in [-0.25, -0.2) is 0 Å². The first-order valence-corrected chi connectivity index (χ1v) is 4.27. The summed E-state index contributed by atoms with van der Waals surface area (Å²) < 4.78 is 15.9. The Balaban J connectivity index is 2.09. The largest absolute Gasteiger partial charge is 0.388 e. The van der Waals surface area contributed by atoms with E-state index < -0.39 is 5.97 Å². The van der Waals surface area contributed by atoms with E-state index in [0.29, 0.717) is 19.8 Å². The molecule has 0 atom stereocenters. The molecule has 0 unspecified atom stereocenters. The van der Waals surface area contributed by atoms with Gasteiger partial charge in [-0.05, 0) is 6.42 Å². The van der Waals surface area contributed by atoms with Crippen LogP contribution in [-0.4, -0.2) is 37.5 Å². The molecule has 70 valence electrons. The fourth-order valence-corrected chi connectivity index (χ4v) is 1.48. The summed E-state index contributed by atoms with van der Waals surface area (Å²) in [6.45, 7) is 3.75. The summed E-state index contributed by atoms with van der Waals surface area (Å²) >= 11 is 0. The Morgan fingerprint density at radius 1 is 1.17 bits per heavy atom. The zero-order valence-corrected chi connectivity index (χ0v) is 7.21. The van der Waals surface area contributed by atoms with Crippen LogP contribution in [0.25, 0.3) is 0 Å². The number of hydrogen-bond donors (Lipinski definition) is 1. The molecule has 3 aliphatic heterocycles. The Kier molecular flexibility index (Phi) is 1.88. The van der Waals surface area contributed by atoms with E-state index in [2.05, 4.69) is 6.92 Å². The summed E-state index contributed by atoms with van der Waals surface area (Å²) in [5.74, 6) is -1.14. The first-order chi connectivity index (χ1) is 5.74.